The van der Waals surface area contributed by atoms with Gasteiger partial charge in [-0.15, -0.1) is 0 Å². The van der Waals surface area contributed by atoms with Crippen LogP contribution in [-0.4, -0.2) is 60.8 Å². The molecule has 4 nitrogen and oxygen atoms in total. The molecule has 0 saturated heterocycles. The topological polar surface area (TPSA) is 27.7 Å². The molecular weight excluding hydrogens is 450 g/mol. The molecule has 0 aliphatic rings. The zero-order valence-corrected chi connectivity index (χ0v) is 26.1. The van der Waals surface area contributed by atoms with E-state index in [4.69, 9.17) is 13.3 Å². The van der Waals surface area contributed by atoms with Gasteiger partial charge in [0.15, 0.2) is 0 Å². The van der Waals surface area contributed by atoms with Gasteiger partial charge < -0.3 is 17.8 Å². The summed E-state index contributed by atoms with van der Waals surface area (Å²) in [7, 11) is 2.78. The van der Waals surface area contributed by atoms with Gasteiger partial charge in [0.05, 0.1) is 26.2 Å². The predicted octanol–water partition coefficient (Wildman–Crippen LogP) is 9.15. The van der Waals surface area contributed by atoms with Crippen LogP contribution < -0.4 is 0 Å². The molecule has 0 bridgehead atoms. The van der Waals surface area contributed by atoms with Crippen molar-refractivity contribution in [2.75, 3.05) is 47.5 Å². The van der Waals surface area contributed by atoms with Gasteiger partial charge in [0.25, 0.3) is 0 Å². The zero-order valence-electron chi connectivity index (χ0n) is 25.1. The molecule has 0 aliphatic heterocycles. The van der Waals surface area contributed by atoms with Gasteiger partial charge >= 0.3 is 8.80 Å². The van der Waals surface area contributed by atoms with Crippen LogP contribution >= 0.6 is 0 Å². The zero-order chi connectivity index (χ0) is 26.1. The smallest absolute Gasteiger partial charge is 0.377 e. The van der Waals surface area contributed by atoms with Crippen LogP contribution in [0.5, 0.6) is 0 Å². The normalized spacial score (nSPS) is 12.5. The van der Waals surface area contributed by atoms with Gasteiger partial charge in [-0.25, -0.2) is 0 Å². The minimum absolute atomic E-state index is 0.931. The molecule has 5 heteroatoms. The fourth-order valence-corrected chi connectivity index (χ4v) is 7.24. The lowest BCUT2D eigenvalue weighted by Gasteiger charge is -2.40. The summed E-state index contributed by atoms with van der Waals surface area (Å²) < 4.78 is 18.6. The van der Waals surface area contributed by atoms with E-state index in [1.165, 1.54) is 146 Å². The Morgan fingerprint density at radius 3 is 1.00 bits per heavy atom. The number of unbranched alkanes of at least 4 members (excludes halogenated alkanes) is 15. The fraction of sp³-hybridized carbons (Fsp3) is 1.00. The van der Waals surface area contributed by atoms with Crippen molar-refractivity contribution in [2.45, 2.75) is 149 Å². The molecule has 0 unspecified atom stereocenters. The Labute approximate surface area is 222 Å². The fourth-order valence-electron chi connectivity index (χ4n) is 5.54. The maximum atomic E-state index is 5.75. The van der Waals surface area contributed by atoms with Crippen LogP contribution in [0.25, 0.3) is 0 Å². The first-order valence-corrected chi connectivity index (χ1v) is 17.5. The largest absolute Gasteiger partial charge is 0.500 e. The van der Waals surface area contributed by atoms with E-state index in [0.717, 1.165) is 12.5 Å². The Bertz CT molecular complexity index is 383. The SMILES string of the molecule is CCCCCCCC[N+](CCCCCCCC)(CCCCCCCC)CCC[Si](OC)(OC)OC. The number of nitrogens with zero attached hydrogens (tertiary/aromatic N) is 1. The van der Waals surface area contributed by atoms with E-state index >= 15 is 0 Å². The number of quaternary nitrogens is 1. The first kappa shape index (κ1) is 35.1. The summed E-state index contributed by atoms with van der Waals surface area (Å²) in [5.41, 5.74) is 0. The monoisotopic (exact) mass is 516 g/mol. The predicted molar refractivity (Wildman–Crippen MR) is 156 cm³/mol. The van der Waals surface area contributed by atoms with E-state index in [1.54, 1.807) is 21.3 Å². The van der Waals surface area contributed by atoms with Crippen molar-refractivity contribution in [1.29, 1.82) is 0 Å². The molecule has 0 saturated carbocycles. The Morgan fingerprint density at radius 1 is 0.400 bits per heavy atom. The highest BCUT2D eigenvalue weighted by molar-refractivity contribution is 6.60. The Kier molecular flexibility index (Phi) is 24.4. The number of hydrogen-bond donors (Lipinski definition) is 0. The highest BCUT2D eigenvalue weighted by atomic mass is 28.4. The molecule has 0 radical (unpaired) electrons. The van der Waals surface area contributed by atoms with E-state index in [0.29, 0.717) is 0 Å². The van der Waals surface area contributed by atoms with Gasteiger partial charge in [0.2, 0.25) is 0 Å². The Balaban J connectivity index is 5.11. The van der Waals surface area contributed by atoms with Crippen LogP contribution in [0.1, 0.15) is 143 Å². The molecular formula is C30H66NO3Si+. The quantitative estimate of drug-likeness (QED) is 0.0589. The average Bonchev–Trinajstić information content (AvgIpc) is 2.88. The molecule has 212 valence electrons. The molecule has 0 rings (SSSR count). The second-order valence-electron chi connectivity index (χ2n) is 10.9. The molecule has 0 amide bonds. The van der Waals surface area contributed by atoms with Crippen molar-refractivity contribution in [3.63, 3.8) is 0 Å². The number of rotatable bonds is 28. The van der Waals surface area contributed by atoms with Crippen LogP contribution in [0.15, 0.2) is 0 Å². The van der Waals surface area contributed by atoms with Crippen molar-refractivity contribution >= 4 is 8.80 Å². The van der Waals surface area contributed by atoms with Crippen LogP contribution in [0, 0.1) is 0 Å². The molecule has 0 spiro atoms. The third-order valence-corrected chi connectivity index (χ3v) is 10.8. The van der Waals surface area contributed by atoms with E-state index in [-0.39, 0.29) is 0 Å². The van der Waals surface area contributed by atoms with Crippen LogP contribution in [-0.2, 0) is 13.3 Å². The molecule has 35 heavy (non-hydrogen) atoms. The van der Waals surface area contributed by atoms with Gasteiger partial charge in [0.1, 0.15) is 0 Å². The van der Waals surface area contributed by atoms with Gasteiger partial charge in [-0.1, -0.05) is 97.8 Å². The molecule has 0 aromatic rings. The van der Waals surface area contributed by atoms with Crippen LogP contribution in [0.4, 0.5) is 0 Å². The Hall–Kier alpha value is 0.0569. The van der Waals surface area contributed by atoms with Gasteiger partial charge in [-0.05, 0) is 38.5 Å². The van der Waals surface area contributed by atoms with Crippen molar-refractivity contribution in [3.05, 3.63) is 0 Å². The lowest BCUT2D eigenvalue weighted by molar-refractivity contribution is -0.929. The molecule has 0 fully saturated rings. The summed E-state index contributed by atoms with van der Waals surface area (Å²) in [4.78, 5) is 0. The van der Waals surface area contributed by atoms with Crippen molar-refractivity contribution in [3.8, 4) is 0 Å². The average molecular weight is 517 g/mol. The molecule has 0 aromatic heterocycles. The summed E-state index contributed by atoms with van der Waals surface area (Å²) in [6.45, 7) is 12.3. The van der Waals surface area contributed by atoms with Crippen LogP contribution in [0.2, 0.25) is 6.04 Å². The van der Waals surface area contributed by atoms with Crippen LogP contribution in [0.3, 0.4) is 0 Å². The van der Waals surface area contributed by atoms with Gasteiger partial charge in [0, 0.05) is 33.8 Å². The minimum atomic E-state index is -2.49. The first-order valence-electron chi connectivity index (χ1n) is 15.6. The summed E-state index contributed by atoms with van der Waals surface area (Å²) in [6.07, 6.45) is 26.2. The van der Waals surface area contributed by atoms with E-state index in [1.807, 2.05) is 0 Å². The maximum Gasteiger partial charge on any atom is 0.500 e. The summed E-state index contributed by atoms with van der Waals surface area (Å²) >= 11 is 0. The molecule has 0 atom stereocenters. The lowest BCUT2D eigenvalue weighted by atomic mass is 10.1. The van der Waals surface area contributed by atoms with Crippen molar-refractivity contribution in [2.24, 2.45) is 0 Å². The highest BCUT2D eigenvalue weighted by Crippen LogP contribution is 2.22. The van der Waals surface area contributed by atoms with Gasteiger partial charge in [-0.2, -0.15) is 0 Å². The highest BCUT2D eigenvalue weighted by Gasteiger charge is 2.38. The second-order valence-corrected chi connectivity index (χ2v) is 14.0. The summed E-state index contributed by atoms with van der Waals surface area (Å²) in [5, 5.41) is 0. The second kappa shape index (κ2) is 24.4. The van der Waals surface area contributed by atoms with Gasteiger partial charge in [-0.3, -0.25) is 0 Å². The molecule has 0 aromatic carbocycles. The third kappa shape index (κ3) is 18.0. The standard InChI is InChI=1S/C30H66NO3Si/c1-7-10-13-16-19-22-26-31(27-23-20-17-14-11-8-2,28-24-21-18-15-12-9-3)29-25-30-35(32-4,33-5)34-6/h7-30H2,1-6H3/q+1. The summed E-state index contributed by atoms with van der Waals surface area (Å²) in [5.74, 6) is 0. The molecule has 0 heterocycles. The summed E-state index contributed by atoms with van der Waals surface area (Å²) in [6, 6.07) is 0.931. The Morgan fingerprint density at radius 2 is 0.686 bits per heavy atom. The van der Waals surface area contributed by atoms with E-state index in [9.17, 15) is 0 Å². The first-order chi connectivity index (χ1) is 17.1. The molecule has 0 N–H and O–H groups in total. The molecule has 0 aliphatic carbocycles. The third-order valence-electron chi connectivity index (χ3n) is 8.01. The number of hydrogen-bond acceptors (Lipinski definition) is 3. The van der Waals surface area contributed by atoms with E-state index in [2.05, 4.69) is 20.8 Å². The lowest BCUT2D eigenvalue weighted by Crippen LogP contribution is -2.52. The van der Waals surface area contributed by atoms with Crippen molar-refractivity contribution in [1.82, 2.24) is 0 Å². The van der Waals surface area contributed by atoms with E-state index < -0.39 is 8.80 Å². The maximum absolute atomic E-state index is 5.75. The van der Waals surface area contributed by atoms with Crippen molar-refractivity contribution < 1.29 is 17.8 Å². The minimum Gasteiger partial charge on any atom is -0.377 e.